The van der Waals surface area contributed by atoms with E-state index in [0.29, 0.717) is 5.92 Å². The summed E-state index contributed by atoms with van der Waals surface area (Å²) in [5.74, 6) is 1.50. The van der Waals surface area contributed by atoms with Crippen molar-refractivity contribution in [3.63, 3.8) is 0 Å². The van der Waals surface area contributed by atoms with E-state index < -0.39 is 0 Å². The molecule has 0 aliphatic carbocycles. The molecule has 1 aliphatic heterocycles. The number of nitrogens with one attached hydrogen (secondary N) is 1. The van der Waals surface area contributed by atoms with Crippen molar-refractivity contribution in [1.29, 1.82) is 0 Å². The molecule has 1 aliphatic rings. The van der Waals surface area contributed by atoms with Crippen LogP contribution in [0, 0.1) is 11.8 Å². The molecule has 2 atom stereocenters. The Morgan fingerprint density at radius 1 is 1.27 bits per heavy atom. The molecule has 0 amide bonds. The molecule has 0 bridgehead atoms. The van der Waals surface area contributed by atoms with Crippen LogP contribution in [0.4, 0.5) is 0 Å². The Morgan fingerprint density at radius 3 is 2.60 bits per heavy atom. The highest BCUT2D eigenvalue weighted by Crippen LogP contribution is 2.16. The molecule has 3 N–H and O–H groups in total. The molecule has 90 valence electrons. The zero-order chi connectivity index (χ0) is 11.1. The molecule has 1 heterocycles. The summed E-state index contributed by atoms with van der Waals surface area (Å²) in [4.78, 5) is 2.56. The summed E-state index contributed by atoms with van der Waals surface area (Å²) in [6, 6.07) is 0. The number of nitrogens with two attached hydrogens (primary N) is 1. The Kier molecular flexibility index (Phi) is 6.22. The molecule has 0 saturated carbocycles. The molecular formula is C12H27N3. The van der Waals surface area contributed by atoms with Gasteiger partial charge in [0.15, 0.2) is 0 Å². The first-order valence-electron chi connectivity index (χ1n) is 6.43. The lowest BCUT2D eigenvalue weighted by atomic mass is 9.90. The number of piperidine rings is 1. The highest BCUT2D eigenvalue weighted by atomic mass is 15.1. The van der Waals surface area contributed by atoms with E-state index in [9.17, 15) is 0 Å². The number of hydrogen-bond donors (Lipinski definition) is 2. The van der Waals surface area contributed by atoms with Crippen molar-refractivity contribution in [2.75, 3.05) is 39.3 Å². The minimum atomic E-state index is 0.698. The van der Waals surface area contributed by atoms with Gasteiger partial charge in [-0.25, -0.2) is 0 Å². The Morgan fingerprint density at radius 2 is 2.00 bits per heavy atom. The van der Waals surface area contributed by atoms with E-state index in [-0.39, 0.29) is 0 Å². The first-order valence-corrected chi connectivity index (χ1v) is 6.43. The maximum Gasteiger partial charge on any atom is 0.00218 e. The summed E-state index contributed by atoms with van der Waals surface area (Å²) in [7, 11) is 0. The summed E-state index contributed by atoms with van der Waals surface area (Å²) in [6.45, 7) is 11.3. The molecule has 0 aromatic rings. The predicted octanol–water partition coefficient (Wildman–Crippen LogP) is 0.903. The van der Waals surface area contributed by atoms with Crippen molar-refractivity contribution in [2.24, 2.45) is 17.6 Å². The van der Waals surface area contributed by atoms with Crippen LogP contribution in [-0.4, -0.2) is 44.2 Å². The van der Waals surface area contributed by atoms with Gasteiger partial charge in [0, 0.05) is 6.54 Å². The van der Waals surface area contributed by atoms with E-state index in [1.54, 1.807) is 0 Å². The fourth-order valence-electron chi connectivity index (χ4n) is 2.51. The summed E-state index contributed by atoms with van der Waals surface area (Å²) in [6.07, 6.45) is 2.57. The van der Waals surface area contributed by atoms with Crippen LogP contribution in [0.3, 0.4) is 0 Å². The molecule has 2 unspecified atom stereocenters. The van der Waals surface area contributed by atoms with E-state index in [1.807, 2.05) is 0 Å². The van der Waals surface area contributed by atoms with Crippen LogP contribution >= 0.6 is 0 Å². The maximum absolute atomic E-state index is 5.73. The van der Waals surface area contributed by atoms with Crippen LogP contribution in [0.15, 0.2) is 0 Å². The zero-order valence-corrected chi connectivity index (χ0v) is 10.3. The molecule has 1 fully saturated rings. The average Bonchev–Trinajstić information content (AvgIpc) is 2.29. The molecular weight excluding hydrogens is 186 g/mol. The Labute approximate surface area is 94.4 Å². The Bertz CT molecular complexity index is 161. The van der Waals surface area contributed by atoms with E-state index in [0.717, 1.165) is 19.0 Å². The number of rotatable bonds is 6. The second-order valence-corrected chi connectivity index (χ2v) is 4.75. The Balaban J connectivity index is 2.29. The van der Waals surface area contributed by atoms with Gasteiger partial charge in [0.2, 0.25) is 0 Å². The van der Waals surface area contributed by atoms with E-state index >= 15 is 0 Å². The van der Waals surface area contributed by atoms with Crippen molar-refractivity contribution >= 4 is 0 Å². The van der Waals surface area contributed by atoms with Crippen LogP contribution in [0.25, 0.3) is 0 Å². The third-order valence-electron chi connectivity index (χ3n) is 3.37. The van der Waals surface area contributed by atoms with Gasteiger partial charge < -0.3 is 16.0 Å². The molecule has 1 rings (SSSR count). The summed E-state index contributed by atoms with van der Waals surface area (Å²) in [5, 5.41) is 3.50. The molecule has 0 spiro atoms. The number of hydrogen-bond acceptors (Lipinski definition) is 3. The van der Waals surface area contributed by atoms with Gasteiger partial charge in [-0.3, -0.25) is 0 Å². The summed E-state index contributed by atoms with van der Waals surface area (Å²) < 4.78 is 0. The van der Waals surface area contributed by atoms with Gasteiger partial charge in [-0.05, 0) is 57.4 Å². The summed E-state index contributed by atoms with van der Waals surface area (Å²) in [5.41, 5.74) is 5.73. The van der Waals surface area contributed by atoms with Crippen LogP contribution in [0.5, 0.6) is 0 Å². The first-order chi connectivity index (χ1) is 7.30. The minimum Gasteiger partial charge on any atom is -0.330 e. The summed E-state index contributed by atoms with van der Waals surface area (Å²) >= 11 is 0. The van der Waals surface area contributed by atoms with Crippen molar-refractivity contribution in [1.82, 2.24) is 10.2 Å². The lowest BCUT2D eigenvalue weighted by Gasteiger charge is -2.33. The molecule has 3 nitrogen and oxygen atoms in total. The standard InChI is InChI=1S/C12H27N3/c1-3-5-15(4-2)10-12-6-11(7-13)8-14-9-12/h11-12,14H,3-10,13H2,1-2H3. The zero-order valence-electron chi connectivity index (χ0n) is 10.3. The predicted molar refractivity (Wildman–Crippen MR) is 65.9 cm³/mol. The molecule has 0 radical (unpaired) electrons. The molecule has 1 saturated heterocycles. The maximum atomic E-state index is 5.73. The van der Waals surface area contributed by atoms with Crippen LogP contribution in [0.2, 0.25) is 0 Å². The largest absolute Gasteiger partial charge is 0.330 e. The van der Waals surface area contributed by atoms with Gasteiger partial charge in [-0.15, -0.1) is 0 Å². The molecule has 0 aromatic heterocycles. The third kappa shape index (κ3) is 4.49. The van der Waals surface area contributed by atoms with Gasteiger partial charge in [0.25, 0.3) is 0 Å². The van der Waals surface area contributed by atoms with E-state index in [4.69, 9.17) is 5.73 Å². The van der Waals surface area contributed by atoms with Crippen LogP contribution in [0.1, 0.15) is 26.7 Å². The number of nitrogens with zero attached hydrogens (tertiary/aromatic N) is 1. The average molecular weight is 213 g/mol. The normalized spacial score (nSPS) is 27.2. The van der Waals surface area contributed by atoms with Crippen molar-refractivity contribution in [3.05, 3.63) is 0 Å². The van der Waals surface area contributed by atoms with Crippen LogP contribution in [-0.2, 0) is 0 Å². The van der Waals surface area contributed by atoms with Crippen LogP contribution < -0.4 is 11.1 Å². The topological polar surface area (TPSA) is 41.3 Å². The second kappa shape index (κ2) is 7.20. The van der Waals surface area contributed by atoms with Gasteiger partial charge in [-0.1, -0.05) is 13.8 Å². The molecule has 3 heteroatoms. The molecule has 0 aromatic carbocycles. The molecule has 15 heavy (non-hydrogen) atoms. The lowest BCUT2D eigenvalue weighted by molar-refractivity contribution is 0.192. The monoisotopic (exact) mass is 213 g/mol. The SMILES string of the molecule is CCCN(CC)CC1CNCC(CN)C1. The van der Waals surface area contributed by atoms with Crippen molar-refractivity contribution in [2.45, 2.75) is 26.7 Å². The van der Waals surface area contributed by atoms with Gasteiger partial charge >= 0.3 is 0 Å². The van der Waals surface area contributed by atoms with Gasteiger partial charge in [-0.2, -0.15) is 0 Å². The third-order valence-corrected chi connectivity index (χ3v) is 3.37. The Hall–Kier alpha value is -0.120. The highest BCUT2D eigenvalue weighted by Gasteiger charge is 2.21. The highest BCUT2D eigenvalue weighted by molar-refractivity contribution is 4.78. The van der Waals surface area contributed by atoms with Crippen molar-refractivity contribution < 1.29 is 0 Å². The lowest BCUT2D eigenvalue weighted by Crippen LogP contribution is -2.44. The van der Waals surface area contributed by atoms with Crippen molar-refractivity contribution in [3.8, 4) is 0 Å². The fourth-order valence-corrected chi connectivity index (χ4v) is 2.51. The van der Waals surface area contributed by atoms with Gasteiger partial charge in [0.05, 0.1) is 0 Å². The second-order valence-electron chi connectivity index (χ2n) is 4.75. The fraction of sp³-hybridized carbons (Fsp3) is 1.00. The van der Waals surface area contributed by atoms with E-state index in [1.165, 1.54) is 39.0 Å². The first kappa shape index (κ1) is 12.9. The minimum absolute atomic E-state index is 0.698. The quantitative estimate of drug-likeness (QED) is 0.689. The van der Waals surface area contributed by atoms with Gasteiger partial charge in [0.1, 0.15) is 0 Å². The smallest absolute Gasteiger partial charge is 0.00218 e. The van der Waals surface area contributed by atoms with E-state index in [2.05, 4.69) is 24.1 Å².